The van der Waals surface area contributed by atoms with Crippen LogP contribution in [0.2, 0.25) is 0 Å². The molecule has 2 rings (SSSR count). The number of amides is 1. The molecule has 2 aromatic rings. The normalized spacial score (nSPS) is 11.3. The molecule has 0 spiro atoms. The Kier molecular flexibility index (Phi) is 4.37. The van der Waals surface area contributed by atoms with Crippen molar-refractivity contribution in [3.05, 3.63) is 49.5 Å². The van der Waals surface area contributed by atoms with Gasteiger partial charge in [-0.05, 0) is 39.8 Å². The first kappa shape index (κ1) is 16.9. The first-order valence-electron chi connectivity index (χ1n) is 6.86. The van der Waals surface area contributed by atoms with Gasteiger partial charge in [-0.3, -0.25) is 14.9 Å². The highest BCUT2D eigenvalue weighted by Crippen LogP contribution is 2.29. The summed E-state index contributed by atoms with van der Waals surface area (Å²) >= 11 is 1.50. The maximum Gasteiger partial charge on any atom is 0.310 e. The van der Waals surface area contributed by atoms with Crippen molar-refractivity contribution in [2.75, 3.05) is 0 Å². The third-order valence-corrected chi connectivity index (χ3v) is 4.82. The highest BCUT2D eigenvalue weighted by molar-refractivity contribution is 7.11. The van der Waals surface area contributed by atoms with Gasteiger partial charge >= 0.3 is 5.69 Å². The molecule has 0 radical (unpaired) electrons. The van der Waals surface area contributed by atoms with Gasteiger partial charge in [0.25, 0.3) is 5.91 Å². The van der Waals surface area contributed by atoms with Gasteiger partial charge in [0.05, 0.1) is 16.2 Å². The lowest BCUT2D eigenvalue weighted by molar-refractivity contribution is -0.385. The van der Waals surface area contributed by atoms with Crippen LogP contribution in [0.15, 0.2) is 18.2 Å². The van der Waals surface area contributed by atoms with Crippen molar-refractivity contribution in [1.82, 2.24) is 10.3 Å². The number of hydrogen-bond acceptors (Lipinski definition) is 6. The van der Waals surface area contributed by atoms with Crippen LogP contribution in [0, 0.1) is 24.0 Å². The molecule has 122 valence electrons. The van der Waals surface area contributed by atoms with Crippen LogP contribution in [0.4, 0.5) is 5.69 Å². The van der Waals surface area contributed by atoms with Crippen molar-refractivity contribution in [2.24, 2.45) is 0 Å². The maximum absolute atomic E-state index is 12.3. The number of aromatic nitrogens is 1. The smallest absolute Gasteiger partial charge is 0.310 e. The molecule has 0 aliphatic rings. The summed E-state index contributed by atoms with van der Waals surface area (Å²) in [5, 5.41) is 23.9. The van der Waals surface area contributed by atoms with E-state index in [0.29, 0.717) is 0 Å². The summed E-state index contributed by atoms with van der Waals surface area (Å²) < 4.78 is 0. The van der Waals surface area contributed by atoms with Crippen molar-refractivity contribution in [3.63, 3.8) is 0 Å². The first-order valence-corrected chi connectivity index (χ1v) is 7.68. The first-order chi connectivity index (χ1) is 10.6. The predicted molar refractivity (Wildman–Crippen MR) is 86.8 cm³/mol. The zero-order chi connectivity index (χ0) is 17.4. The molecule has 0 fully saturated rings. The third kappa shape index (κ3) is 3.48. The van der Waals surface area contributed by atoms with Crippen molar-refractivity contribution in [1.29, 1.82) is 0 Å². The summed E-state index contributed by atoms with van der Waals surface area (Å²) in [7, 11) is 0. The molecule has 1 aromatic heterocycles. The molecular weight excluding hydrogens is 318 g/mol. The molecule has 0 atom stereocenters. The van der Waals surface area contributed by atoms with Crippen molar-refractivity contribution in [3.8, 4) is 5.75 Å². The standard InChI is InChI=1S/C15H17N3O4S/c1-8-9(2)23-14(16-8)15(3,4)17-13(20)10-5-6-11(18(21)22)12(19)7-10/h5-7,19H,1-4H3,(H,17,20). The van der Waals surface area contributed by atoms with Crippen LogP contribution in [0.1, 0.15) is 39.8 Å². The molecule has 1 heterocycles. The summed E-state index contributed by atoms with van der Waals surface area (Å²) in [5.74, 6) is -0.980. The molecule has 0 saturated carbocycles. The van der Waals surface area contributed by atoms with Gasteiger partial charge in [-0.25, -0.2) is 4.98 Å². The van der Waals surface area contributed by atoms with Gasteiger partial charge in [0.15, 0.2) is 5.75 Å². The Labute approximate surface area is 137 Å². The van der Waals surface area contributed by atoms with Gasteiger partial charge in [-0.15, -0.1) is 11.3 Å². The highest BCUT2D eigenvalue weighted by Gasteiger charge is 2.28. The topological polar surface area (TPSA) is 105 Å². The molecule has 0 bridgehead atoms. The number of phenols is 1. The SMILES string of the molecule is Cc1nc(C(C)(C)NC(=O)c2ccc([N+](=O)[O-])c(O)c2)sc1C. The number of carbonyl (C=O) groups is 1. The number of nitro benzene ring substituents is 1. The van der Waals surface area contributed by atoms with Crippen LogP contribution in [-0.2, 0) is 5.54 Å². The Hall–Kier alpha value is -2.48. The monoisotopic (exact) mass is 335 g/mol. The third-order valence-electron chi connectivity index (χ3n) is 3.42. The number of nitrogens with zero attached hydrogens (tertiary/aromatic N) is 2. The number of aryl methyl sites for hydroxylation is 2. The highest BCUT2D eigenvalue weighted by atomic mass is 32.1. The van der Waals surface area contributed by atoms with E-state index in [1.54, 1.807) is 0 Å². The van der Waals surface area contributed by atoms with Gasteiger partial charge in [0, 0.05) is 16.5 Å². The summed E-state index contributed by atoms with van der Waals surface area (Å²) in [5.41, 5.74) is -0.0727. The van der Waals surface area contributed by atoms with Crippen LogP contribution in [0.3, 0.4) is 0 Å². The van der Waals surface area contributed by atoms with Gasteiger partial charge in [0.2, 0.25) is 0 Å². The number of benzene rings is 1. The minimum atomic E-state index is -0.706. The maximum atomic E-state index is 12.3. The largest absolute Gasteiger partial charge is 0.502 e. The van der Waals surface area contributed by atoms with Crippen LogP contribution in [-0.4, -0.2) is 20.9 Å². The minimum absolute atomic E-state index is 0.145. The average molecular weight is 335 g/mol. The lowest BCUT2D eigenvalue weighted by Crippen LogP contribution is -2.40. The second kappa shape index (κ2) is 5.96. The fourth-order valence-corrected chi connectivity index (χ4v) is 2.94. The molecule has 0 aliphatic heterocycles. The Morgan fingerprint density at radius 2 is 2.04 bits per heavy atom. The van der Waals surface area contributed by atoms with Crippen LogP contribution < -0.4 is 5.32 Å². The summed E-state index contributed by atoms with van der Waals surface area (Å²) in [6.45, 7) is 7.52. The van der Waals surface area contributed by atoms with Crippen molar-refractivity contribution >= 4 is 22.9 Å². The Balaban J connectivity index is 2.24. The predicted octanol–water partition coefficient (Wildman–Crippen LogP) is 3.04. The second-order valence-electron chi connectivity index (χ2n) is 5.70. The number of hydrogen-bond donors (Lipinski definition) is 2. The Bertz CT molecular complexity index is 764. The summed E-state index contributed by atoms with van der Waals surface area (Å²) in [4.78, 5) is 27.9. The quantitative estimate of drug-likeness (QED) is 0.660. The van der Waals surface area contributed by atoms with E-state index in [0.717, 1.165) is 27.7 Å². The molecule has 0 aliphatic carbocycles. The molecule has 23 heavy (non-hydrogen) atoms. The van der Waals surface area contributed by atoms with E-state index in [4.69, 9.17) is 0 Å². The van der Waals surface area contributed by atoms with Crippen LogP contribution >= 0.6 is 11.3 Å². The van der Waals surface area contributed by atoms with Gasteiger partial charge in [0.1, 0.15) is 5.01 Å². The van der Waals surface area contributed by atoms with E-state index in [9.17, 15) is 20.0 Å². The number of nitrogens with one attached hydrogen (secondary N) is 1. The molecule has 7 nitrogen and oxygen atoms in total. The van der Waals surface area contributed by atoms with Crippen molar-refractivity contribution < 1.29 is 14.8 Å². The van der Waals surface area contributed by atoms with Crippen molar-refractivity contribution in [2.45, 2.75) is 33.2 Å². The van der Waals surface area contributed by atoms with E-state index in [1.807, 2.05) is 27.7 Å². The fraction of sp³-hybridized carbons (Fsp3) is 0.333. The van der Waals surface area contributed by atoms with Crippen LogP contribution in [0.5, 0.6) is 5.75 Å². The van der Waals surface area contributed by atoms with Gasteiger partial charge in [-0.1, -0.05) is 0 Å². The number of nitro groups is 1. The number of aromatic hydroxyl groups is 1. The fourth-order valence-electron chi connectivity index (χ4n) is 1.97. The van der Waals surface area contributed by atoms with E-state index in [2.05, 4.69) is 10.3 Å². The van der Waals surface area contributed by atoms with Gasteiger partial charge in [-0.2, -0.15) is 0 Å². The van der Waals surface area contributed by atoms with E-state index in [1.165, 1.54) is 17.4 Å². The number of carbonyl (C=O) groups excluding carboxylic acids is 1. The molecule has 8 heteroatoms. The Morgan fingerprint density at radius 3 is 2.52 bits per heavy atom. The summed E-state index contributed by atoms with van der Waals surface area (Å²) in [6, 6.07) is 3.50. The second-order valence-corrected chi connectivity index (χ2v) is 6.90. The average Bonchev–Trinajstić information content (AvgIpc) is 2.78. The minimum Gasteiger partial charge on any atom is -0.502 e. The van der Waals surface area contributed by atoms with Crippen LogP contribution in [0.25, 0.3) is 0 Å². The lowest BCUT2D eigenvalue weighted by atomic mass is 10.1. The molecule has 1 aromatic carbocycles. The molecule has 2 N–H and O–H groups in total. The molecule has 0 unspecified atom stereocenters. The van der Waals surface area contributed by atoms with Gasteiger partial charge < -0.3 is 10.4 Å². The molecular formula is C15H17N3O4S. The Morgan fingerprint density at radius 1 is 1.39 bits per heavy atom. The van der Waals surface area contributed by atoms with E-state index in [-0.39, 0.29) is 5.56 Å². The zero-order valence-electron chi connectivity index (χ0n) is 13.2. The lowest BCUT2D eigenvalue weighted by Gasteiger charge is -2.24. The molecule has 0 saturated heterocycles. The number of rotatable bonds is 4. The number of phenolic OH excluding ortho intramolecular Hbond substituents is 1. The number of thiazole rings is 1. The summed E-state index contributed by atoms with van der Waals surface area (Å²) in [6.07, 6.45) is 0. The molecule has 1 amide bonds. The zero-order valence-corrected chi connectivity index (χ0v) is 14.0. The van der Waals surface area contributed by atoms with E-state index >= 15 is 0 Å². The van der Waals surface area contributed by atoms with E-state index < -0.39 is 27.8 Å².